The van der Waals surface area contributed by atoms with E-state index >= 15 is 0 Å². The van der Waals surface area contributed by atoms with Crippen LogP contribution in [0.5, 0.6) is 0 Å². The first-order chi connectivity index (χ1) is 14.2. The maximum Gasteiger partial charge on any atom is 0.225 e. The van der Waals surface area contributed by atoms with E-state index in [0.29, 0.717) is 36.2 Å². The summed E-state index contributed by atoms with van der Waals surface area (Å²) >= 11 is 0. The number of piperidine rings is 1. The monoisotopic (exact) mass is 405 g/mol. The van der Waals surface area contributed by atoms with Crippen LogP contribution in [-0.2, 0) is 14.3 Å². The van der Waals surface area contributed by atoms with Crippen molar-refractivity contribution in [2.75, 3.05) is 39.4 Å². The summed E-state index contributed by atoms with van der Waals surface area (Å²) in [5, 5.41) is 3.19. The minimum atomic E-state index is 0.220. The van der Waals surface area contributed by atoms with E-state index in [4.69, 9.17) is 4.74 Å². The molecule has 2 aliphatic heterocycles. The lowest BCUT2D eigenvalue weighted by Crippen LogP contribution is -2.55. The van der Waals surface area contributed by atoms with Gasteiger partial charge in [-0.2, -0.15) is 0 Å². The van der Waals surface area contributed by atoms with Gasteiger partial charge in [0.15, 0.2) is 0 Å². The summed E-state index contributed by atoms with van der Waals surface area (Å²) in [6, 6.07) is 0.928. The Labute approximate surface area is 175 Å². The van der Waals surface area contributed by atoms with Crippen LogP contribution in [0.4, 0.5) is 0 Å². The molecule has 0 aromatic carbocycles. The number of likely N-dealkylation sites (tertiary alicyclic amines) is 1. The van der Waals surface area contributed by atoms with Gasteiger partial charge in [-0.25, -0.2) is 0 Å². The van der Waals surface area contributed by atoms with Crippen molar-refractivity contribution in [3.8, 4) is 0 Å². The molecule has 29 heavy (non-hydrogen) atoms. The highest BCUT2D eigenvalue weighted by Gasteiger charge is 2.37. The predicted octanol–water partition coefficient (Wildman–Crippen LogP) is 2.56. The maximum atomic E-state index is 12.6. The Hall–Kier alpha value is -1.14. The third-order valence-electron chi connectivity index (χ3n) is 7.40. The van der Waals surface area contributed by atoms with Crippen LogP contribution >= 0.6 is 0 Å². The number of nitrogens with one attached hydrogen (secondary N) is 1. The molecule has 2 saturated heterocycles. The molecule has 2 amide bonds. The van der Waals surface area contributed by atoms with Crippen LogP contribution in [0.3, 0.4) is 0 Å². The summed E-state index contributed by atoms with van der Waals surface area (Å²) in [6.07, 6.45) is 12.2. The molecule has 4 fully saturated rings. The smallest absolute Gasteiger partial charge is 0.225 e. The zero-order valence-corrected chi connectivity index (χ0v) is 17.9. The number of carbonyl (C=O) groups is 2. The molecule has 6 heteroatoms. The van der Waals surface area contributed by atoms with E-state index in [-0.39, 0.29) is 5.91 Å². The largest absolute Gasteiger partial charge is 0.381 e. The molecular weight excluding hydrogens is 366 g/mol. The molecule has 0 aromatic rings. The number of ether oxygens (including phenoxy) is 1. The molecule has 2 saturated carbocycles. The lowest BCUT2D eigenvalue weighted by atomic mass is 9.98. The molecule has 2 heterocycles. The topological polar surface area (TPSA) is 61.9 Å². The van der Waals surface area contributed by atoms with Gasteiger partial charge in [0.2, 0.25) is 11.8 Å². The van der Waals surface area contributed by atoms with Crippen LogP contribution in [0.25, 0.3) is 0 Å². The van der Waals surface area contributed by atoms with Crippen molar-refractivity contribution in [3.63, 3.8) is 0 Å². The highest BCUT2D eigenvalue weighted by atomic mass is 16.5. The van der Waals surface area contributed by atoms with Gasteiger partial charge in [0.1, 0.15) is 0 Å². The van der Waals surface area contributed by atoms with Gasteiger partial charge in [-0.15, -0.1) is 0 Å². The van der Waals surface area contributed by atoms with Crippen molar-refractivity contribution >= 4 is 11.8 Å². The van der Waals surface area contributed by atoms with Gasteiger partial charge in [-0.05, 0) is 57.3 Å². The van der Waals surface area contributed by atoms with E-state index in [2.05, 4.69) is 15.1 Å². The summed E-state index contributed by atoms with van der Waals surface area (Å²) < 4.78 is 5.59. The summed E-state index contributed by atoms with van der Waals surface area (Å²) in [5.74, 6) is 1.51. The Morgan fingerprint density at radius 1 is 0.931 bits per heavy atom. The SMILES string of the molecule is O=C(CC1CCCC1)NCCN(C1CCOCC1)C1CCCN(C(=O)C2CC2)C1. The third-order valence-corrected chi connectivity index (χ3v) is 7.40. The Morgan fingerprint density at radius 3 is 2.41 bits per heavy atom. The molecule has 4 aliphatic rings. The quantitative estimate of drug-likeness (QED) is 0.674. The molecule has 0 aromatic heterocycles. The Morgan fingerprint density at radius 2 is 1.69 bits per heavy atom. The molecule has 0 radical (unpaired) electrons. The molecule has 164 valence electrons. The Bertz CT molecular complexity index is 554. The second-order valence-corrected chi connectivity index (χ2v) is 9.64. The Balaban J connectivity index is 1.30. The first kappa shape index (κ1) is 21.1. The van der Waals surface area contributed by atoms with Crippen LogP contribution in [0.2, 0.25) is 0 Å². The lowest BCUT2D eigenvalue weighted by Gasteiger charge is -2.44. The van der Waals surface area contributed by atoms with Gasteiger partial charge in [-0.1, -0.05) is 12.8 Å². The van der Waals surface area contributed by atoms with E-state index in [1.54, 1.807) is 0 Å². The number of rotatable bonds is 8. The van der Waals surface area contributed by atoms with Gasteiger partial charge in [0, 0.05) is 63.8 Å². The second kappa shape index (κ2) is 10.3. The zero-order chi connectivity index (χ0) is 20.1. The average molecular weight is 406 g/mol. The highest BCUT2D eigenvalue weighted by Crippen LogP contribution is 2.33. The number of amides is 2. The second-order valence-electron chi connectivity index (χ2n) is 9.64. The summed E-state index contributed by atoms with van der Waals surface area (Å²) in [7, 11) is 0. The molecule has 1 atom stereocenters. The molecular formula is C23H39N3O3. The van der Waals surface area contributed by atoms with Crippen LogP contribution in [0, 0.1) is 11.8 Å². The third kappa shape index (κ3) is 5.94. The number of hydrogen-bond acceptors (Lipinski definition) is 4. The molecule has 6 nitrogen and oxygen atoms in total. The molecule has 0 spiro atoms. The number of nitrogens with zero attached hydrogens (tertiary/aromatic N) is 2. The van der Waals surface area contributed by atoms with E-state index in [0.717, 1.165) is 77.9 Å². The normalized spacial score (nSPS) is 26.8. The number of hydrogen-bond donors (Lipinski definition) is 1. The lowest BCUT2D eigenvalue weighted by molar-refractivity contribution is -0.135. The van der Waals surface area contributed by atoms with Gasteiger partial charge in [-0.3, -0.25) is 14.5 Å². The molecule has 0 bridgehead atoms. The van der Waals surface area contributed by atoms with Crippen molar-refractivity contribution in [2.45, 2.75) is 82.7 Å². The van der Waals surface area contributed by atoms with Gasteiger partial charge < -0.3 is 15.0 Å². The van der Waals surface area contributed by atoms with Crippen LogP contribution < -0.4 is 5.32 Å². The minimum absolute atomic E-state index is 0.220. The van der Waals surface area contributed by atoms with E-state index in [1.165, 1.54) is 25.7 Å². The van der Waals surface area contributed by atoms with Gasteiger partial charge >= 0.3 is 0 Å². The molecule has 1 unspecified atom stereocenters. The summed E-state index contributed by atoms with van der Waals surface area (Å²) in [4.78, 5) is 29.7. The predicted molar refractivity (Wildman–Crippen MR) is 112 cm³/mol. The van der Waals surface area contributed by atoms with Crippen LogP contribution in [0.15, 0.2) is 0 Å². The average Bonchev–Trinajstić information content (AvgIpc) is 3.48. The van der Waals surface area contributed by atoms with Crippen molar-refractivity contribution in [1.29, 1.82) is 0 Å². The highest BCUT2D eigenvalue weighted by molar-refractivity contribution is 5.81. The van der Waals surface area contributed by atoms with Crippen LogP contribution in [-0.4, -0.2) is 73.1 Å². The van der Waals surface area contributed by atoms with Crippen molar-refractivity contribution in [2.24, 2.45) is 11.8 Å². The minimum Gasteiger partial charge on any atom is -0.381 e. The molecule has 2 aliphatic carbocycles. The van der Waals surface area contributed by atoms with Gasteiger partial charge in [0.25, 0.3) is 0 Å². The Kier molecular flexibility index (Phi) is 7.46. The fourth-order valence-electron chi connectivity index (χ4n) is 5.57. The fraction of sp³-hybridized carbons (Fsp3) is 0.913. The van der Waals surface area contributed by atoms with Gasteiger partial charge in [0.05, 0.1) is 0 Å². The van der Waals surface area contributed by atoms with Crippen molar-refractivity contribution in [3.05, 3.63) is 0 Å². The van der Waals surface area contributed by atoms with Crippen LogP contribution in [0.1, 0.15) is 70.6 Å². The molecule has 1 N–H and O–H groups in total. The van der Waals surface area contributed by atoms with E-state index < -0.39 is 0 Å². The maximum absolute atomic E-state index is 12.6. The number of carbonyl (C=O) groups excluding carboxylic acids is 2. The van der Waals surface area contributed by atoms with Crippen molar-refractivity contribution < 1.29 is 14.3 Å². The standard InChI is InChI=1S/C23H39N3O3/c27-22(16-18-4-1-2-5-18)24-11-13-26(20-9-14-29-15-10-20)21-6-3-12-25(17-21)23(28)19-7-8-19/h18-21H,1-17H2,(H,24,27). The van der Waals surface area contributed by atoms with E-state index in [1.807, 2.05) is 0 Å². The summed E-state index contributed by atoms with van der Waals surface area (Å²) in [5.41, 5.74) is 0. The van der Waals surface area contributed by atoms with Crippen molar-refractivity contribution in [1.82, 2.24) is 15.1 Å². The zero-order valence-electron chi connectivity index (χ0n) is 17.9. The fourth-order valence-corrected chi connectivity index (χ4v) is 5.57. The van der Waals surface area contributed by atoms with E-state index in [9.17, 15) is 9.59 Å². The first-order valence-corrected chi connectivity index (χ1v) is 12.1. The summed E-state index contributed by atoms with van der Waals surface area (Å²) in [6.45, 7) is 5.04. The molecule has 4 rings (SSSR count). The first-order valence-electron chi connectivity index (χ1n) is 12.1.